The molecule has 2 aliphatic rings. The predicted octanol–water partition coefficient (Wildman–Crippen LogP) is 3.18. The van der Waals surface area contributed by atoms with Crippen molar-refractivity contribution < 1.29 is 14.3 Å². The maximum absolute atomic E-state index is 12.6. The van der Waals surface area contributed by atoms with Gasteiger partial charge in [-0.2, -0.15) is 0 Å². The first-order valence-corrected chi connectivity index (χ1v) is 13.1. The zero-order chi connectivity index (χ0) is 25.6. The maximum atomic E-state index is 12.6. The summed E-state index contributed by atoms with van der Waals surface area (Å²) in [4.78, 5) is 23.9. The highest BCUT2D eigenvalue weighted by Crippen LogP contribution is 2.35. The van der Waals surface area contributed by atoms with Crippen LogP contribution in [0, 0.1) is 12.8 Å². The van der Waals surface area contributed by atoms with Crippen molar-refractivity contribution in [2.24, 2.45) is 5.92 Å². The molecule has 9 heteroatoms. The Kier molecular flexibility index (Phi) is 8.01. The zero-order valence-corrected chi connectivity index (χ0v) is 21.7. The summed E-state index contributed by atoms with van der Waals surface area (Å²) in [7, 11) is 1.66. The summed E-state index contributed by atoms with van der Waals surface area (Å²) in [6.07, 6.45) is 5.05. The van der Waals surface area contributed by atoms with E-state index in [1.54, 1.807) is 13.4 Å². The van der Waals surface area contributed by atoms with E-state index in [4.69, 9.17) is 9.47 Å². The van der Waals surface area contributed by atoms with Crippen LogP contribution in [0.4, 0.5) is 5.82 Å². The minimum absolute atomic E-state index is 0.0851. The highest BCUT2D eigenvalue weighted by atomic mass is 16.5. The fourth-order valence-electron chi connectivity index (χ4n) is 5.03. The second kappa shape index (κ2) is 11.7. The van der Waals surface area contributed by atoms with Crippen LogP contribution >= 0.6 is 0 Å². The van der Waals surface area contributed by atoms with Gasteiger partial charge in [-0.15, -0.1) is 0 Å². The molecule has 3 aromatic rings. The number of hydrazine groups is 1. The second-order valence-electron chi connectivity index (χ2n) is 9.85. The molecule has 2 saturated heterocycles. The first kappa shape index (κ1) is 25.2. The van der Waals surface area contributed by atoms with Crippen LogP contribution < -0.4 is 25.1 Å². The number of nitrogens with one attached hydrogen (secondary N) is 2. The van der Waals surface area contributed by atoms with Crippen LogP contribution in [0.2, 0.25) is 0 Å². The molecule has 2 N–H and O–H groups in total. The average molecular weight is 505 g/mol. The quantitative estimate of drug-likeness (QED) is 0.430. The van der Waals surface area contributed by atoms with Crippen LogP contribution in [0.3, 0.4) is 0 Å². The van der Waals surface area contributed by atoms with Crippen LogP contribution in [0.15, 0.2) is 42.7 Å². The summed E-state index contributed by atoms with van der Waals surface area (Å²) in [5.41, 5.74) is 5.65. The van der Waals surface area contributed by atoms with Gasteiger partial charge in [-0.25, -0.2) is 15.0 Å². The van der Waals surface area contributed by atoms with Gasteiger partial charge in [0.15, 0.2) is 11.5 Å². The first-order chi connectivity index (χ1) is 18.1. The van der Waals surface area contributed by atoms with Gasteiger partial charge in [0.1, 0.15) is 12.1 Å². The molecule has 9 nitrogen and oxygen atoms in total. The van der Waals surface area contributed by atoms with Crippen LogP contribution in [0.25, 0.3) is 10.9 Å². The van der Waals surface area contributed by atoms with Gasteiger partial charge < -0.3 is 19.7 Å². The van der Waals surface area contributed by atoms with E-state index in [0.717, 1.165) is 60.8 Å². The van der Waals surface area contributed by atoms with Crippen molar-refractivity contribution in [2.45, 2.75) is 26.2 Å². The number of aromatic nitrogens is 2. The molecule has 1 amide bonds. The van der Waals surface area contributed by atoms with Crippen molar-refractivity contribution in [3.05, 3.63) is 53.9 Å². The van der Waals surface area contributed by atoms with Gasteiger partial charge in [0.05, 0.1) is 19.2 Å². The standard InChI is InChI=1S/C28H36N6O3/c1-20-5-7-22(8-6-20)28(35)32-34-13-11-33(12-14-34)27-23-16-25(36-2)26(17-24(23)30-19-31-27)37-15-3-4-21-9-10-29-18-21/h5-8,16-17,19,21,29H,3-4,9-15,18H2,1-2H3,(H,32,35). The molecule has 0 spiro atoms. The number of methoxy groups -OCH3 is 1. The summed E-state index contributed by atoms with van der Waals surface area (Å²) >= 11 is 0. The number of ether oxygens (including phenoxy) is 2. The molecular formula is C28H36N6O3. The zero-order valence-electron chi connectivity index (χ0n) is 21.7. The molecule has 2 fully saturated rings. The van der Waals surface area contributed by atoms with Crippen molar-refractivity contribution in [1.29, 1.82) is 0 Å². The largest absolute Gasteiger partial charge is 0.493 e. The topological polar surface area (TPSA) is 91.9 Å². The average Bonchev–Trinajstić information content (AvgIpc) is 3.45. The molecule has 5 rings (SSSR count). The molecule has 37 heavy (non-hydrogen) atoms. The summed E-state index contributed by atoms with van der Waals surface area (Å²) in [5.74, 6) is 2.95. The highest BCUT2D eigenvalue weighted by molar-refractivity contribution is 5.94. The highest BCUT2D eigenvalue weighted by Gasteiger charge is 2.23. The number of piperazine rings is 1. The minimum Gasteiger partial charge on any atom is -0.493 e. The molecule has 2 aliphatic heterocycles. The number of hydrogen-bond donors (Lipinski definition) is 2. The van der Waals surface area contributed by atoms with Crippen molar-refractivity contribution in [2.75, 3.05) is 57.9 Å². The lowest BCUT2D eigenvalue weighted by Crippen LogP contribution is -2.53. The van der Waals surface area contributed by atoms with E-state index < -0.39 is 0 Å². The summed E-state index contributed by atoms with van der Waals surface area (Å²) in [5, 5.41) is 6.32. The monoisotopic (exact) mass is 504 g/mol. The van der Waals surface area contributed by atoms with E-state index in [-0.39, 0.29) is 5.91 Å². The van der Waals surface area contributed by atoms with Gasteiger partial charge >= 0.3 is 0 Å². The van der Waals surface area contributed by atoms with Gasteiger partial charge in [0.25, 0.3) is 5.91 Å². The number of carbonyl (C=O) groups is 1. The molecule has 1 unspecified atom stereocenters. The number of nitrogens with zero attached hydrogens (tertiary/aromatic N) is 4. The molecule has 0 radical (unpaired) electrons. The van der Waals surface area contributed by atoms with Gasteiger partial charge in [-0.1, -0.05) is 17.7 Å². The molecule has 0 saturated carbocycles. The Hall–Kier alpha value is -3.43. The molecule has 3 heterocycles. The number of aryl methyl sites for hydroxylation is 1. The summed E-state index contributed by atoms with van der Waals surface area (Å²) < 4.78 is 11.8. The number of rotatable bonds is 9. The normalized spacial score (nSPS) is 18.2. The number of anilines is 1. The van der Waals surface area contributed by atoms with Crippen molar-refractivity contribution in [3.63, 3.8) is 0 Å². The van der Waals surface area contributed by atoms with Crippen molar-refractivity contribution >= 4 is 22.6 Å². The molecule has 2 aromatic carbocycles. The van der Waals surface area contributed by atoms with Gasteiger partial charge in [-0.05, 0) is 63.4 Å². The van der Waals surface area contributed by atoms with Crippen LogP contribution in [-0.4, -0.2) is 73.9 Å². The van der Waals surface area contributed by atoms with Gasteiger partial charge in [0.2, 0.25) is 0 Å². The van der Waals surface area contributed by atoms with Crippen LogP contribution in [-0.2, 0) is 0 Å². The third-order valence-corrected chi connectivity index (χ3v) is 7.23. The van der Waals surface area contributed by atoms with E-state index in [0.29, 0.717) is 36.8 Å². The smallest absolute Gasteiger partial charge is 0.265 e. The fourth-order valence-corrected chi connectivity index (χ4v) is 5.03. The Balaban J connectivity index is 1.21. The number of fused-ring (bicyclic) bond motifs is 1. The van der Waals surface area contributed by atoms with E-state index in [2.05, 4.69) is 25.6 Å². The van der Waals surface area contributed by atoms with Gasteiger partial charge in [0, 0.05) is 43.2 Å². The lowest BCUT2D eigenvalue weighted by atomic mass is 10.0. The van der Waals surface area contributed by atoms with E-state index in [1.807, 2.05) is 48.3 Å². The number of benzene rings is 2. The molecule has 0 aliphatic carbocycles. The van der Waals surface area contributed by atoms with Gasteiger partial charge in [-0.3, -0.25) is 10.2 Å². The third kappa shape index (κ3) is 6.11. The van der Waals surface area contributed by atoms with E-state index in [9.17, 15) is 4.79 Å². The summed E-state index contributed by atoms with van der Waals surface area (Å²) in [6, 6.07) is 11.5. The van der Waals surface area contributed by atoms with E-state index >= 15 is 0 Å². The van der Waals surface area contributed by atoms with Crippen molar-refractivity contribution in [3.8, 4) is 11.5 Å². The Morgan fingerprint density at radius 2 is 1.92 bits per heavy atom. The molecule has 196 valence electrons. The summed E-state index contributed by atoms with van der Waals surface area (Å²) in [6.45, 7) is 7.77. The molecule has 1 atom stereocenters. The van der Waals surface area contributed by atoms with Crippen molar-refractivity contribution in [1.82, 2.24) is 25.7 Å². The minimum atomic E-state index is -0.0851. The third-order valence-electron chi connectivity index (χ3n) is 7.23. The second-order valence-corrected chi connectivity index (χ2v) is 9.85. The molecule has 0 bridgehead atoms. The SMILES string of the molecule is COc1cc2c(N3CCN(NC(=O)c4ccc(C)cc4)CC3)ncnc2cc1OCCCC1CCNC1. The fraction of sp³-hybridized carbons (Fsp3) is 0.464. The Morgan fingerprint density at radius 1 is 1.11 bits per heavy atom. The number of carbonyl (C=O) groups excluding carboxylic acids is 1. The number of hydrogen-bond acceptors (Lipinski definition) is 8. The van der Waals surface area contributed by atoms with E-state index in [1.165, 1.54) is 12.8 Å². The Labute approximate surface area is 218 Å². The molecular weight excluding hydrogens is 468 g/mol. The van der Waals surface area contributed by atoms with Crippen LogP contribution in [0.5, 0.6) is 11.5 Å². The maximum Gasteiger partial charge on any atom is 0.265 e. The Morgan fingerprint density at radius 3 is 2.65 bits per heavy atom. The molecule has 1 aromatic heterocycles. The predicted molar refractivity (Wildman–Crippen MR) is 144 cm³/mol. The lowest BCUT2D eigenvalue weighted by molar-refractivity contribution is 0.0777. The Bertz CT molecular complexity index is 1200. The lowest BCUT2D eigenvalue weighted by Gasteiger charge is -2.35. The first-order valence-electron chi connectivity index (χ1n) is 13.1. The number of amides is 1. The van der Waals surface area contributed by atoms with Crippen LogP contribution in [0.1, 0.15) is 35.2 Å².